The number of imidazole rings is 1. The molecule has 2 aromatic rings. The standard InChI is InChI=1S/C12H11Br2N3O4/c13-8-1-3-9(4-2-8)21-10(7-18)5-16-6-11(17(19)20)15-12(16)14/h1-4,6,10,18H,5,7H2/t10-/m0/s1. The molecule has 9 heteroatoms. The number of benzene rings is 1. The first-order valence-corrected chi connectivity index (χ1v) is 7.48. The molecule has 1 heterocycles. The van der Waals surface area contributed by atoms with Crippen molar-refractivity contribution in [2.24, 2.45) is 0 Å². The van der Waals surface area contributed by atoms with E-state index in [9.17, 15) is 15.2 Å². The summed E-state index contributed by atoms with van der Waals surface area (Å²) in [5.74, 6) is 0.338. The van der Waals surface area contributed by atoms with Gasteiger partial charge in [0.2, 0.25) is 0 Å². The Morgan fingerprint density at radius 2 is 2.05 bits per heavy atom. The van der Waals surface area contributed by atoms with Crippen molar-refractivity contribution < 1.29 is 14.8 Å². The monoisotopic (exact) mass is 419 g/mol. The van der Waals surface area contributed by atoms with Crippen LogP contribution in [0.15, 0.2) is 39.7 Å². The van der Waals surface area contributed by atoms with Gasteiger partial charge in [-0.3, -0.25) is 4.57 Å². The second kappa shape index (κ2) is 7.01. The number of hydrogen-bond acceptors (Lipinski definition) is 5. The molecule has 0 saturated heterocycles. The fourth-order valence-corrected chi connectivity index (χ4v) is 2.35. The summed E-state index contributed by atoms with van der Waals surface area (Å²) in [5.41, 5.74) is 0. The minimum Gasteiger partial charge on any atom is -0.486 e. The van der Waals surface area contributed by atoms with Gasteiger partial charge in [0.05, 0.1) is 13.2 Å². The molecule has 0 radical (unpaired) electrons. The number of hydrogen-bond donors (Lipinski definition) is 1. The van der Waals surface area contributed by atoms with Gasteiger partial charge < -0.3 is 20.0 Å². The highest BCUT2D eigenvalue weighted by Gasteiger charge is 2.20. The molecule has 0 unspecified atom stereocenters. The van der Waals surface area contributed by atoms with Gasteiger partial charge in [0.15, 0.2) is 0 Å². The van der Waals surface area contributed by atoms with Gasteiger partial charge in [0, 0.05) is 20.4 Å². The topological polar surface area (TPSA) is 90.4 Å². The lowest BCUT2D eigenvalue weighted by Gasteiger charge is -2.17. The summed E-state index contributed by atoms with van der Waals surface area (Å²) >= 11 is 6.46. The molecule has 0 fully saturated rings. The Bertz CT molecular complexity index is 630. The van der Waals surface area contributed by atoms with Gasteiger partial charge in [0.25, 0.3) is 4.73 Å². The van der Waals surface area contributed by atoms with E-state index in [-0.39, 0.29) is 19.0 Å². The SMILES string of the molecule is O=[N+]([O-])c1cn(C[C@@H](CO)Oc2ccc(Br)cc2)c(Br)n1. The molecule has 1 atom stereocenters. The summed E-state index contributed by atoms with van der Waals surface area (Å²) in [6.45, 7) is 0.00245. The molecule has 7 nitrogen and oxygen atoms in total. The molecule has 0 spiro atoms. The lowest BCUT2D eigenvalue weighted by atomic mass is 10.3. The Morgan fingerprint density at radius 3 is 2.57 bits per heavy atom. The summed E-state index contributed by atoms with van der Waals surface area (Å²) < 4.78 is 8.38. The van der Waals surface area contributed by atoms with E-state index >= 15 is 0 Å². The van der Waals surface area contributed by atoms with E-state index in [1.54, 1.807) is 12.1 Å². The number of rotatable bonds is 6. The predicted molar refractivity (Wildman–Crippen MR) is 82.2 cm³/mol. The first-order valence-electron chi connectivity index (χ1n) is 5.89. The zero-order valence-electron chi connectivity index (χ0n) is 10.6. The van der Waals surface area contributed by atoms with Gasteiger partial charge in [-0.05, 0) is 34.2 Å². The highest BCUT2D eigenvalue weighted by Crippen LogP contribution is 2.20. The van der Waals surface area contributed by atoms with Gasteiger partial charge in [-0.2, -0.15) is 0 Å². The zero-order chi connectivity index (χ0) is 15.4. The lowest BCUT2D eigenvalue weighted by molar-refractivity contribution is -0.389. The first-order chi connectivity index (χ1) is 9.99. The summed E-state index contributed by atoms with van der Waals surface area (Å²) in [7, 11) is 0. The molecule has 0 aliphatic heterocycles. The molecular formula is C12H11Br2N3O4. The van der Waals surface area contributed by atoms with Crippen LogP contribution >= 0.6 is 31.9 Å². The highest BCUT2D eigenvalue weighted by atomic mass is 79.9. The molecule has 21 heavy (non-hydrogen) atoms. The van der Waals surface area contributed by atoms with E-state index in [2.05, 4.69) is 36.8 Å². The van der Waals surface area contributed by atoms with Crippen LogP contribution in [0.3, 0.4) is 0 Å². The van der Waals surface area contributed by atoms with Gasteiger partial charge >= 0.3 is 5.82 Å². The molecule has 0 saturated carbocycles. The second-order valence-electron chi connectivity index (χ2n) is 4.15. The maximum absolute atomic E-state index is 10.7. The summed E-state index contributed by atoms with van der Waals surface area (Å²) in [6, 6.07) is 7.17. The van der Waals surface area contributed by atoms with Crippen molar-refractivity contribution in [3.05, 3.63) is 49.8 Å². The summed E-state index contributed by atoms with van der Waals surface area (Å²) in [6.07, 6.45) is 0.744. The van der Waals surface area contributed by atoms with Crippen LogP contribution in [0.1, 0.15) is 0 Å². The van der Waals surface area contributed by atoms with Crippen LogP contribution in [0.5, 0.6) is 5.75 Å². The third-order valence-corrected chi connectivity index (χ3v) is 3.78. The van der Waals surface area contributed by atoms with E-state index in [0.29, 0.717) is 10.5 Å². The van der Waals surface area contributed by atoms with E-state index in [1.807, 2.05) is 12.1 Å². The van der Waals surface area contributed by atoms with Crippen LogP contribution in [0, 0.1) is 10.1 Å². The average molecular weight is 421 g/mol. The van der Waals surface area contributed by atoms with Crippen molar-refractivity contribution in [2.45, 2.75) is 12.6 Å². The van der Waals surface area contributed by atoms with Crippen LogP contribution < -0.4 is 4.74 Å². The largest absolute Gasteiger partial charge is 0.486 e. The Balaban J connectivity index is 2.08. The number of nitrogens with zero attached hydrogens (tertiary/aromatic N) is 3. The van der Waals surface area contributed by atoms with Crippen molar-refractivity contribution in [3.63, 3.8) is 0 Å². The van der Waals surface area contributed by atoms with Crippen molar-refractivity contribution >= 4 is 37.7 Å². The quantitative estimate of drug-likeness (QED) is 0.573. The van der Waals surface area contributed by atoms with E-state index in [4.69, 9.17) is 4.74 Å². The van der Waals surface area contributed by atoms with E-state index in [1.165, 1.54) is 10.8 Å². The van der Waals surface area contributed by atoms with Gasteiger partial charge in [-0.25, -0.2) is 0 Å². The van der Waals surface area contributed by atoms with Crippen molar-refractivity contribution in [2.75, 3.05) is 6.61 Å². The highest BCUT2D eigenvalue weighted by molar-refractivity contribution is 9.10. The normalized spacial score (nSPS) is 12.1. The minimum absolute atomic E-state index is 0.228. The molecule has 0 aliphatic rings. The second-order valence-corrected chi connectivity index (χ2v) is 5.78. The lowest BCUT2D eigenvalue weighted by Crippen LogP contribution is -2.26. The van der Waals surface area contributed by atoms with Crippen molar-refractivity contribution in [3.8, 4) is 5.75 Å². The minimum atomic E-state index is -0.579. The molecule has 1 N–H and O–H groups in total. The molecule has 1 aromatic heterocycles. The number of aliphatic hydroxyl groups excluding tert-OH is 1. The molecule has 1 aromatic carbocycles. The van der Waals surface area contributed by atoms with Crippen molar-refractivity contribution in [1.82, 2.24) is 9.55 Å². The molecule has 0 aliphatic carbocycles. The summed E-state index contributed by atoms with van der Waals surface area (Å²) in [5, 5.41) is 20.1. The third kappa shape index (κ3) is 4.26. The van der Waals surface area contributed by atoms with Crippen LogP contribution in [-0.2, 0) is 6.54 Å². The fourth-order valence-electron chi connectivity index (χ4n) is 1.65. The average Bonchev–Trinajstić information content (AvgIpc) is 2.82. The Labute approximate surface area is 137 Å². The van der Waals surface area contributed by atoms with Crippen LogP contribution in [0.4, 0.5) is 5.82 Å². The number of ether oxygens (including phenoxy) is 1. The molecular weight excluding hydrogens is 410 g/mol. The van der Waals surface area contributed by atoms with E-state index in [0.717, 1.165) is 4.47 Å². The van der Waals surface area contributed by atoms with Gasteiger partial charge in [0.1, 0.15) is 18.1 Å². The molecule has 112 valence electrons. The molecule has 2 rings (SSSR count). The maximum Gasteiger partial charge on any atom is 0.382 e. The summed E-state index contributed by atoms with van der Waals surface area (Å²) in [4.78, 5) is 13.8. The number of nitro groups is 1. The van der Waals surface area contributed by atoms with E-state index < -0.39 is 11.0 Å². The smallest absolute Gasteiger partial charge is 0.382 e. The number of aliphatic hydroxyl groups is 1. The zero-order valence-corrected chi connectivity index (χ0v) is 13.8. The molecule has 0 bridgehead atoms. The van der Waals surface area contributed by atoms with Gasteiger partial charge in [-0.15, -0.1) is 0 Å². The Kier molecular flexibility index (Phi) is 5.32. The number of halogens is 2. The number of aromatic nitrogens is 2. The Hall–Kier alpha value is -1.45. The van der Waals surface area contributed by atoms with Crippen LogP contribution in [0.2, 0.25) is 0 Å². The maximum atomic E-state index is 10.7. The first kappa shape index (κ1) is 15.9. The fraction of sp³-hybridized carbons (Fsp3) is 0.250. The Morgan fingerprint density at radius 1 is 1.38 bits per heavy atom. The van der Waals surface area contributed by atoms with Crippen molar-refractivity contribution in [1.29, 1.82) is 0 Å². The van der Waals surface area contributed by atoms with Crippen LogP contribution in [-0.4, -0.2) is 32.3 Å². The molecule has 0 amide bonds. The van der Waals surface area contributed by atoms with Gasteiger partial charge in [-0.1, -0.05) is 15.9 Å². The van der Waals surface area contributed by atoms with Crippen LogP contribution in [0.25, 0.3) is 0 Å². The predicted octanol–water partition coefficient (Wildman–Crippen LogP) is 2.76. The third-order valence-electron chi connectivity index (χ3n) is 2.62.